The molecule has 1 fully saturated rings. The summed E-state index contributed by atoms with van der Waals surface area (Å²) >= 11 is 3.33. The molecule has 5 heteroatoms. The molecule has 0 atom stereocenters. The highest BCUT2D eigenvalue weighted by molar-refractivity contribution is 9.10. The van der Waals surface area contributed by atoms with Gasteiger partial charge in [0.25, 0.3) is 0 Å². The first-order valence-electron chi connectivity index (χ1n) is 5.04. The van der Waals surface area contributed by atoms with E-state index in [4.69, 9.17) is 0 Å². The molecule has 2 N–H and O–H groups in total. The predicted molar refractivity (Wildman–Crippen MR) is 61.8 cm³/mol. The van der Waals surface area contributed by atoms with Gasteiger partial charge in [-0.2, -0.15) is 0 Å². The fourth-order valence-corrected chi connectivity index (χ4v) is 2.27. The predicted octanol–water partition coefficient (Wildman–Crippen LogP) is 1.87. The van der Waals surface area contributed by atoms with Crippen LogP contribution in [0.2, 0.25) is 0 Å². The number of nitrogens with zero attached hydrogens (tertiary/aromatic N) is 2. The molecular formula is C10H14BrN3O. The van der Waals surface area contributed by atoms with Crippen molar-refractivity contribution in [2.24, 2.45) is 0 Å². The van der Waals surface area contributed by atoms with Gasteiger partial charge in [-0.3, -0.25) is 0 Å². The lowest BCUT2D eigenvalue weighted by Gasteiger charge is -2.41. The average Bonchev–Trinajstić information content (AvgIpc) is 2.10. The highest BCUT2D eigenvalue weighted by atomic mass is 79.9. The highest BCUT2D eigenvalue weighted by Gasteiger charge is 2.36. The molecule has 82 valence electrons. The summed E-state index contributed by atoms with van der Waals surface area (Å²) in [5.41, 5.74) is -0.153. The number of rotatable bonds is 3. The lowest BCUT2D eigenvalue weighted by Crippen LogP contribution is -2.48. The van der Waals surface area contributed by atoms with Gasteiger partial charge >= 0.3 is 0 Å². The maximum Gasteiger partial charge on any atom is 0.131 e. The Hall–Kier alpha value is -0.680. The van der Waals surface area contributed by atoms with E-state index >= 15 is 0 Å². The Balaban J connectivity index is 2.16. The molecule has 0 unspecified atom stereocenters. The zero-order chi connectivity index (χ0) is 10.9. The molecule has 1 aliphatic rings. The lowest BCUT2D eigenvalue weighted by atomic mass is 9.77. The molecule has 1 aromatic heterocycles. The van der Waals surface area contributed by atoms with Crippen LogP contribution in [0.1, 0.15) is 25.1 Å². The Kier molecular flexibility index (Phi) is 2.93. The Morgan fingerprint density at radius 1 is 1.53 bits per heavy atom. The summed E-state index contributed by atoms with van der Waals surface area (Å²) in [4.78, 5) is 8.42. The van der Waals surface area contributed by atoms with Crippen molar-refractivity contribution in [2.75, 3.05) is 11.9 Å². The van der Waals surface area contributed by atoms with Crippen LogP contribution in [-0.4, -0.2) is 27.2 Å². The zero-order valence-corrected chi connectivity index (χ0v) is 10.2. The molecule has 1 aromatic rings. The Morgan fingerprint density at radius 2 is 2.27 bits per heavy atom. The fraction of sp³-hybridized carbons (Fsp3) is 0.600. The topological polar surface area (TPSA) is 58.0 Å². The number of aryl methyl sites for hydroxylation is 1. The molecule has 0 aliphatic heterocycles. The third-order valence-corrected chi connectivity index (χ3v) is 3.22. The minimum Gasteiger partial charge on any atom is -0.394 e. The van der Waals surface area contributed by atoms with Crippen molar-refractivity contribution in [3.63, 3.8) is 0 Å². The van der Waals surface area contributed by atoms with Gasteiger partial charge in [-0.1, -0.05) is 0 Å². The maximum atomic E-state index is 9.32. The number of halogens is 1. The SMILES string of the molecule is Cc1nc(Br)cc(NC2(CO)CCC2)n1. The number of aliphatic hydroxyl groups is 1. The van der Waals surface area contributed by atoms with E-state index in [9.17, 15) is 5.11 Å². The Bertz CT molecular complexity index is 340. The molecule has 0 aromatic carbocycles. The van der Waals surface area contributed by atoms with E-state index in [1.54, 1.807) is 0 Å². The van der Waals surface area contributed by atoms with Crippen LogP contribution in [0, 0.1) is 6.92 Å². The van der Waals surface area contributed by atoms with Crippen molar-refractivity contribution in [3.8, 4) is 0 Å². The van der Waals surface area contributed by atoms with Crippen molar-refractivity contribution in [1.82, 2.24) is 9.97 Å². The number of hydrogen-bond acceptors (Lipinski definition) is 4. The molecule has 1 aliphatic carbocycles. The van der Waals surface area contributed by atoms with Gasteiger partial charge in [0, 0.05) is 6.07 Å². The second-order valence-corrected chi connectivity index (χ2v) is 4.85. The van der Waals surface area contributed by atoms with Gasteiger partial charge in [-0.15, -0.1) is 0 Å². The fourth-order valence-electron chi connectivity index (χ4n) is 1.79. The summed E-state index contributed by atoms with van der Waals surface area (Å²) in [5.74, 6) is 1.50. The third-order valence-electron chi connectivity index (χ3n) is 2.81. The van der Waals surface area contributed by atoms with E-state index in [2.05, 4.69) is 31.2 Å². The molecule has 0 bridgehead atoms. The van der Waals surface area contributed by atoms with Crippen molar-refractivity contribution < 1.29 is 5.11 Å². The van der Waals surface area contributed by atoms with Crippen molar-refractivity contribution in [3.05, 3.63) is 16.5 Å². The van der Waals surface area contributed by atoms with Gasteiger partial charge in [0.05, 0.1) is 12.1 Å². The van der Waals surface area contributed by atoms with E-state index < -0.39 is 0 Å². The van der Waals surface area contributed by atoms with E-state index in [0.29, 0.717) is 0 Å². The number of hydrogen-bond donors (Lipinski definition) is 2. The van der Waals surface area contributed by atoms with Gasteiger partial charge in [-0.25, -0.2) is 9.97 Å². The minimum absolute atomic E-state index is 0.153. The molecule has 1 saturated carbocycles. The number of aromatic nitrogens is 2. The van der Waals surface area contributed by atoms with E-state index in [1.807, 2.05) is 13.0 Å². The van der Waals surface area contributed by atoms with Gasteiger partial charge in [0.2, 0.25) is 0 Å². The Labute approximate surface area is 97.3 Å². The quantitative estimate of drug-likeness (QED) is 0.825. The van der Waals surface area contributed by atoms with E-state index in [1.165, 1.54) is 6.42 Å². The highest BCUT2D eigenvalue weighted by Crippen LogP contribution is 2.34. The molecule has 0 saturated heterocycles. The zero-order valence-electron chi connectivity index (χ0n) is 8.63. The molecule has 0 amide bonds. The lowest BCUT2D eigenvalue weighted by molar-refractivity contribution is 0.144. The smallest absolute Gasteiger partial charge is 0.131 e. The second-order valence-electron chi connectivity index (χ2n) is 4.04. The van der Waals surface area contributed by atoms with Crippen molar-refractivity contribution in [1.29, 1.82) is 0 Å². The summed E-state index contributed by atoms with van der Waals surface area (Å²) in [6.45, 7) is 2.01. The average molecular weight is 272 g/mol. The van der Waals surface area contributed by atoms with Gasteiger partial charge in [0.1, 0.15) is 16.2 Å². The third kappa shape index (κ3) is 2.29. The molecule has 1 heterocycles. The first kappa shape index (κ1) is 10.8. The monoisotopic (exact) mass is 271 g/mol. The van der Waals surface area contributed by atoms with Crippen LogP contribution >= 0.6 is 15.9 Å². The van der Waals surface area contributed by atoms with Gasteiger partial charge in [-0.05, 0) is 42.1 Å². The minimum atomic E-state index is -0.153. The Morgan fingerprint density at radius 3 is 2.73 bits per heavy atom. The van der Waals surface area contributed by atoms with Crippen LogP contribution < -0.4 is 5.32 Å². The van der Waals surface area contributed by atoms with Crippen LogP contribution in [-0.2, 0) is 0 Å². The number of aliphatic hydroxyl groups excluding tert-OH is 1. The largest absolute Gasteiger partial charge is 0.394 e. The van der Waals surface area contributed by atoms with E-state index in [-0.39, 0.29) is 12.1 Å². The standard InChI is InChI=1S/C10H14BrN3O/c1-7-12-8(11)5-9(13-7)14-10(6-15)3-2-4-10/h5,15H,2-4,6H2,1H3,(H,12,13,14). The van der Waals surface area contributed by atoms with Crippen molar-refractivity contribution in [2.45, 2.75) is 31.7 Å². The normalized spacial score (nSPS) is 18.3. The molecule has 15 heavy (non-hydrogen) atoms. The van der Waals surface area contributed by atoms with Crippen LogP contribution in [0.4, 0.5) is 5.82 Å². The first-order valence-corrected chi connectivity index (χ1v) is 5.83. The summed E-state index contributed by atoms with van der Waals surface area (Å²) in [5, 5.41) is 12.6. The molecule has 4 nitrogen and oxygen atoms in total. The van der Waals surface area contributed by atoms with Crippen LogP contribution in [0.25, 0.3) is 0 Å². The molecule has 0 spiro atoms. The molecule has 0 radical (unpaired) electrons. The number of anilines is 1. The summed E-state index contributed by atoms with van der Waals surface area (Å²) < 4.78 is 0.768. The van der Waals surface area contributed by atoms with Crippen LogP contribution in [0.5, 0.6) is 0 Å². The van der Waals surface area contributed by atoms with Gasteiger partial charge < -0.3 is 10.4 Å². The van der Waals surface area contributed by atoms with E-state index in [0.717, 1.165) is 29.1 Å². The summed E-state index contributed by atoms with van der Waals surface area (Å²) in [6, 6.07) is 1.84. The van der Waals surface area contributed by atoms with Crippen LogP contribution in [0.3, 0.4) is 0 Å². The maximum absolute atomic E-state index is 9.32. The molecular weight excluding hydrogens is 258 g/mol. The summed E-state index contributed by atoms with van der Waals surface area (Å²) in [6.07, 6.45) is 3.17. The first-order chi connectivity index (χ1) is 7.13. The van der Waals surface area contributed by atoms with Crippen LogP contribution in [0.15, 0.2) is 10.7 Å². The van der Waals surface area contributed by atoms with Gasteiger partial charge in [0.15, 0.2) is 0 Å². The summed E-state index contributed by atoms with van der Waals surface area (Å²) in [7, 11) is 0. The number of nitrogens with one attached hydrogen (secondary N) is 1. The second kappa shape index (κ2) is 4.06. The van der Waals surface area contributed by atoms with Crippen molar-refractivity contribution >= 4 is 21.7 Å². The molecule has 2 rings (SSSR count).